The number of ether oxygens (including phenoxy) is 2. The molecule has 0 aliphatic carbocycles. The molecule has 2 aromatic rings. The van der Waals surface area contributed by atoms with Crippen LogP contribution in [0.4, 0.5) is 19.0 Å². The number of nitrogens with one attached hydrogen (secondary N) is 1. The van der Waals surface area contributed by atoms with Crippen LogP contribution in [0.25, 0.3) is 10.9 Å². The molecule has 2 fully saturated rings. The molecule has 1 N–H and O–H groups in total. The van der Waals surface area contributed by atoms with Gasteiger partial charge in [0.05, 0.1) is 36.9 Å². The molecule has 2 saturated heterocycles. The van der Waals surface area contributed by atoms with E-state index in [-0.39, 0.29) is 35.6 Å². The lowest BCUT2D eigenvalue weighted by molar-refractivity contribution is -0.137. The lowest BCUT2D eigenvalue weighted by Gasteiger charge is -2.21. The Morgan fingerprint density at radius 2 is 2.18 bits per heavy atom. The first-order chi connectivity index (χ1) is 15.8. The zero-order chi connectivity index (χ0) is 23.4. The maximum Gasteiger partial charge on any atom is 0.416 e. The molecular formula is C23H27F3N4O3. The Kier molecular flexibility index (Phi) is 7.26. The van der Waals surface area contributed by atoms with Crippen molar-refractivity contribution in [2.75, 3.05) is 44.8 Å². The van der Waals surface area contributed by atoms with E-state index in [1.54, 1.807) is 6.08 Å². The number of nitrogens with zero attached hydrogens (tertiary/aromatic N) is 3. The van der Waals surface area contributed by atoms with E-state index in [4.69, 9.17) is 9.47 Å². The van der Waals surface area contributed by atoms with Crippen LogP contribution in [0.1, 0.15) is 18.4 Å². The van der Waals surface area contributed by atoms with E-state index >= 15 is 0 Å². The smallest absolute Gasteiger partial charge is 0.380 e. The normalized spacial score (nSPS) is 23.8. The zero-order valence-corrected chi connectivity index (χ0v) is 18.2. The van der Waals surface area contributed by atoms with Crippen LogP contribution in [0.15, 0.2) is 37.2 Å². The van der Waals surface area contributed by atoms with Gasteiger partial charge in [0, 0.05) is 43.5 Å². The van der Waals surface area contributed by atoms with Crippen molar-refractivity contribution in [2.45, 2.75) is 31.2 Å². The fourth-order valence-electron chi connectivity index (χ4n) is 4.48. The van der Waals surface area contributed by atoms with Crippen molar-refractivity contribution in [2.24, 2.45) is 5.92 Å². The fourth-order valence-corrected chi connectivity index (χ4v) is 4.48. The number of carbonyl (C=O) groups is 1. The highest BCUT2D eigenvalue weighted by molar-refractivity contribution is 5.91. The highest BCUT2D eigenvalue weighted by atomic mass is 19.4. The average Bonchev–Trinajstić information content (AvgIpc) is 3.45. The second-order valence-corrected chi connectivity index (χ2v) is 8.44. The summed E-state index contributed by atoms with van der Waals surface area (Å²) in [5.41, 5.74) is -0.417. The minimum atomic E-state index is -4.48. The summed E-state index contributed by atoms with van der Waals surface area (Å²) in [5.74, 6) is 0.171. The number of carbonyl (C=O) groups excluding carboxylic acids is 1. The number of rotatable bonds is 9. The number of ketones is 1. The largest absolute Gasteiger partial charge is 0.416 e. The minimum Gasteiger partial charge on any atom is -0.380 e. The number of aromatic nitrogens is 2. The average molecular weight is 464 g/mol. The van der Waals surface area contributed by atoms with Crippen molar-refractivity contribution in [1.29, 1.82) is 0 Å². The highest BCUT2D eigenvalue weighted by Crippen LogP contribution is 2.32. The van der Waals surface area contributed by atoms with Gasteiger partial charge in [-0.15, -0.1) is 6.58 Å². The van der Waals surface area contributed by atoms with Crippen LogP contribution in [-0.2, 0) is 20.4 Å². The van der Waals surface area contributed by atoms with Crippen LogP contribution in [0.3, 0.4) is 0 Å². The van der Waals surface area contributed by atoms with Gasteiger partial charge in [0.15, 0.2) is 5.78 Å². The molecule has 178 valence electrons. The molecule has 33 heavy (non-hydrogen) atoms. The van der Waals surface area contributed by atoms with E-state index in [0.29, 0.717) is 31.2 Å². The van der Waals surface area contributed by atoms with Gasteiger partial charge in [-0.05, 0) is 24.6 Å². The molecule has 1 aromatic heterocycles. The van der Waals surface area contributed by atoms with E-state index < -0.39 is 11.7 Å². The first-order valence-electron chi connectivity index (χ1n) is 11.0. The van der Waals surface area contributed by atoms with Gasteiger partial charge >= 0.3 is 6.18 Å². The molecule has 2 aliphatic heterocycles. The van der Waals surface area contributed by atoms with Gasteiger partial charge in [0.1, 0.15) is 12.1 Å². The monoisotopic (exact) mass is 464 g/mol. The van der Waals surface area contributed by atoms with Crippen LogP contribution in [0.2, 0.25) is 0 Å². The lowest BCUT2D eigenvalue weighted by Crippen LogP contribution is -2.34. The molecule has 7 nitrogen and oxygen atoms in total. The summed E-state index contributed by atoms with van der Waals surface area (Å²) in [6, 6.07) is 3.62. The predicted octanol–water partition coefficient (Wildman–Crippen LogP) is 3.31. The molecule has 0 radical (unpaired) electrons. The maximum atomic E-state index is 13.1. The highest BCUT2D eigenvalue weighted by Gasteiger charge is 2.38. The minimum absolute atomic E-state index is 0.0267. The van der Waals surface area contributed by atoms with E-state index in [0.717, 1.165) is 38.2 Å². The summed E-state index contributed by atoms with van der Waals surface area (Å²) < 4.78 is 50.8. The van der Waals surface area contributed by atoms with Crippen molar-refractivity contribution < 1.29 is 27.4 Å². The Morgan fingerprint density at radius 3 is 2.91 bits per heavy atom. The van der Waals surface area contributed by atoms with Crippen LogP contribution in [0.5, 0.6) is 0 Å². The Morgan fingerprint density at radius 1 is 1.33 bits per heavy atom. The summed E-state index contributed by atoms with van der Waals surface area (Å²) in [4.78, 5) is 23.2. The van der Waals surface area contributed by atoms with E-state index in [9.17, 15) is 18.0 Å². The van der Waals surface area contributed by atoms with E-state index in [1.165, 1.54) is 12.4 Å². The second kappa shape index (κ2) is 10.1. The first kappa shape index (κ1) is 23.6. The Labute approximate surface area is 190 Å². The first-order valence-corrected chi connectivity index (χ1v) is 11.0. The van der Waals surface area contributed by atoms with Crippen LogP contribution < -0.4 is 5.32 Å². The molecule has 3 heterocycles. The fraction of sp³-hybridized carbons (Fsp3) is 0.522. The Bertz CT molecular complexity index is 995. The van der Waals surface area contributed by atoms with Crippen molar-refractivity contribution in [3.8, 4) is 0 Å². The molecule has 0 saturated carbocycles. The van der Waals surface area contributed by atoms with Gasteiger partial charge in [0.2, 0.25) is 0 Å². The van der Waals surface area contributed by atoms with Gasteiger partial charge in [-0.3, -0.25) is 9.69 Å². The Hall–Kier alpha value is -2.56. The van der Waals surface area contributed by atoms with Crippen LogP contribution >= 0.6 is 0 Å². The third-order valence-corrected chi connectivity index (χ3v) is 6.16. The van der Waals surface area contributed by atoms with Crippen LogP contribution in [-0.4, -0.2) is 72.3 Å². The number of hydrogen-bond donors (Lipinski definition) is 1. The number of alkyl halides is 3. The summed E-state index contributed by atoms with van der Waals surface area (Å²) in [5, 5.41) is 3.13. The molecule has 0 spiro atoms. The zero-order valence-electron chi connectivity index (χ0n) is 18.2. The Balaban J connectivity index is 1.40. The quantitative estimate of drug-likeness (QED) is 0.571. The molecule has 0 amide bonds. The van der Waals surface area contributed by atoms with Gasteiger partial charge in [0.25, 0.3) is 0 Å². The molecule has 1 aromatic carbocycles. The van der Waals surface area contributed by atoms with E-state index in [2.05, 4.69) is 26.8 Å². The molecular weight excluding hydrogens is 437 g/mol. The summed E-state index contributed by atoms with van der Waals surface area (Å²) in [6.07, 6.45) is -0.331. The maximum absolute atomic E-state index is 13.1. The molecule has 4 rings (SSSR count). The number of benzene rings is 1. The summed E-state index contributed by atoms with van der Waals surface area (Å²) >= 11 is 0. The van der Waals surface area contributed by atoms with Gasteiger partial charge in [-0.25, -0.2) is 9.97 Å². The lowest BCUT2D eigenvalue weighted by atomic mass is 9.99. The van der Waals surface area contributed by atoms with Crippen molar-refractivity contribution >= 4 is 22.5 Å². The summed E-state index contributed by atoms with van der Waals surface area (Å²) in [6.45, 7) is 6.99. The number of halogens is 3. The molecule has 2 unspecified atom stereocenters. The summed E-state index contributed by atoms with van der Waals surface area (Å²) in [7, 11) is 0. The number of anilines is 1. The van der Waals surface area contributed by atoms with E-state index in [1.807, 2.05) is 0 Å². The predicted molar refractivity (Wildman–Crippen MR) is 117 cm³/mol. The number of fused-ring (bicyclic) bond motifs is 1. The third kappa shape index (κ3) is 5.69. The SMILES string of the molecule is C=CCO[C@H]1CN(C2CCOC2)CC1CC(=O)CNc1ncnc2ccc(C(F)(F)F)cc12. The van der Waals surface area contributed by atoms with Crippen LogP contribution in [0, 0.1) is 5.92 Å². The molecule has 10 heteroatoms. The number of hydrogen-bond acceptors (Lipinski definition) is 7. The molecule has 3 atom stereocenters. The number of likely N-dealkylation sites (tertiary alicyclic amines) is 1. The second-order valence-electron chi connectivity index (χ2n) is 8.44. The van der Waals surface area contributed by atoms with Gasteiger partial charge < -0.3 is 14.8 Å². The van der Waals surface area contributed by atoms with Crippen molar-refractivity contribution in [3.05, 3.63) is 42.7 Å². The molecule has 0 bridgehead atoms. The topological polar surface area (TPSA) is 76.6 Å². The standard InChI is InChI=1S/C23H27F3N4O3/c1-2-6-33-21-12-30(17-5-7-32-13-17)11-15(21)8-18(31)10-27-22-19-9-16(23(24,25)26)3-4-20(19)28-14-29-22/h2-4,9,14-15,17,21H,1,5-8,10-13H2,(H,27,28,29)/t15?,17?,21-/m0/s1. The number of Topliss-reactive ketones (excluding diaryl/α,β-unsaturated/α-hetero) is 1. The third-order valence-electron chi connectivity index (χ3n) is 6.16. The van der Waals surface area contributed by atoms with Gasteiger partial charge in [-0.2, -0.15) is 13.2 Å². The van der Waals surface area contributed by atoms with Crippen molar-refractivity contribution in [3.63, 3.8) is 0 Å². The van der Waals surface area contributed by atoms with Gasteiger partial charge in [-0.1, -0.05) is 6.08 Å². The molecule has 2 aliphatic rings. The van der Waals surface area contributed by atoms with Crippen molar-refractivity contribution in [1.82, 2.24) is 14.9 Å².